The molecule has 0 fully saturated rings. The van der Waals surface area contributed by atoms with E-state index in [-0.39, 0.29) is 12.4 Å². The third kappa shape index (κ3) is 2.29. The number of aromatic nitrogens is 2. The highest BCUT2D eigenvalue weighted by Crippen LogP contribution is 1.93. The maximum atomic E-state index is 5.33. The molecule has 56 valence electrons. The summed E-state index contributed by atoms with van der Waals surface area (Å²) in [6.45, 7) is 2.41. The molecule has 0 aliphatic carbocycles. The highest BCUT2D eigenvalue weighted by molar-refractivity contribution is 5.85. The zero-order valence-electron chi connectivity index (χ0n) is 5.74. The van der Waals surface area contributed by atoms with E-state index in [1.165, 1.54) is 6.33 Å². The molecular formula is C6H10ClN3. The van der Waals surface area contributed by atoms with Crippen LogP contribution in [0.5, 0.6) is 0 Å². The zero-order chi connectivity index (χ0) is 6.69. The van der Waals surface area contributed by atoms with Gasteiger partial charge in [-0.2, -0.15) is 0 Å². The van der Waals surface area contributed by atoms with E-state index in [0.717, 1.165) is 11.4 Å². The van der Waals surface area contributed by atoms with E-state index in [2.05, 4.69) is 9.97 Å². The second-order valence-corrected chi connectivity index (χ2v) is 1.85. The van der Waals surface area contributed by atoms with E-state index < -0.39 is 0 Å². The van der Waals surface area contributed by atoms with E-state index in [1.807, 2.05) is 13.0 Å². The molecule has 0 atom stereocenters. The molecule has 10 heavy (non-hydrogen) atoms. The minimum Gasteiger partial charge on any atom is -0.325 e. The summed E-state index contributed by atoms with van der Waals surface area (Å²) in [7, 11) is 0. The molecule has 0 unspecified atom stereocenters. The monoisotopic (exact) mass is 159 g/mol. The van der Waals surface area contributed by atoms with Crippen molar-refractivity contribution in [3.05, 3.63) is 23.8 Å². The van der Waals surface area contributed by atoms with E-state index in [0.29, 0.717) is 6.54 Å². The Kier molecular flexibility index (Phi) is 3.91. The molecule has 3 nitrogen and oxygen atoms in total. The van der Waals surface area contributed by atoms with Gasteiger partial charge in [-0.25, -0.2) is 9.97 Å². The van der Waals surface area contributed by atoms with Crippen molar-refractivity contribution in [2.45, 2.75) is 13.5 Å². The van der Waals surface area contributed by atoms with Gasteiger partial charge in [0.15, 0.2) is 0 Å². The molecule has 1 heterocycles. The van der Waals surface area contributed by atoms with E-state index >= 15 is 0 Å². The molecule has 1 aromatic heterocycles. The van der Waals surface area contributed by atoms with Crippen LogP contribution in [0.15, 0.2) is 12.4 Å². The molecule has 2 N–H and O–H groups in total. The number of aryl methyl sites for hydroxylation is 1. The molecule has 0 saturated heterocycles. The first-order valence-electron chi connectivity index (χ1n) is 2.80. The van der Waals surface area contributed by atoms with Crippen LogP contribution < -0.4 is 5.73 Å². The molecule has 0 aliphatic rings. The molecule has 0 saturated carbocycles. The highest BCUT2D eigenvalue weighted by Gasteiger charge is 1.88. The SMILES string of the molecule is Cc1cc(CN)ncn1.Cl. The number of hydrogen-bond donors (Lipinski definition) is 1. The van der Waals surface area contributed by atoms with E-state index in [4.69, 9.17) is 5.73 Å². The largest absolute Gasteiger partial charge is 0.325 e. The minimum absolute atomic E-state index is 0. The van der Waals surface area contributed by atoms with Gasteiger partial charge in [0.1, 0.15) is 6.33 Å². The van der Waals surface area contributed by atoms with Crippen LogP contribution in [0.25, 0.3) is 0 Å². The van der Waals surface area contributed by atoms with Crippen LogP contribution in [0.3, 0.4) is 0 Å². The smallest absolute Gasteiger partial charge is 0.115 e. The van der Waals surface area contributed by atoms with Crippen molar-refractivity contribution in [1.82, 2.24) is 9.97 Å². The molecular weight excluding hydrogens is 150 g/mol. The summed E-state index contributed by atoms with van der Waals surface area (Å²) in [5.41, 5.74) is 7.18. The Hall–Kier alpha value is -0.670. The van der Waals surface area contributed by atoms with Gasteiger partial charge in [0.25, 0.3) is 0 Å². The molecule has 4 heteroatoms. The number of nitrogens with two attached hydrogens (primary N) is 1. The molecule has 1 aromatic rings. The van der Waals surface area contributed by atoms with Gasteiger partial charge in [-0.05, 0) is 13.0 Å². The topological polar surface area (TPSA) is 51.8 Å². The maximum Gasteiger partial charge on any atom is 0.115 e. The summed E-state index contributed by atoms with van der Waals surface area (Å²) in [5, 5.41) is 0. The van der Waals surface area contributed by atoms with Gasteiger partial charge in [0.2, 0.25) is 0 Å². The lowest BCUT2D eigenvalue weighted by atomic mass is 10.3. The summed E-state index contributed by atoms with van der Waals surface area (Å²) < 4.78 is 0. The summed E-state index contributed by atoms with van der Waals surface area (Å²) in [6, 6.07) is 1.88. The second-order valence-electron chi connectivity index (χ2n) is 1.85. The quantitative estimate of drug-likeness (QED) is 0.655. The van der Waals surface area contributed by atoms with Crippen LogP contribution in [0.4, 0.5) is 0 Å². The van der Waals surface area contributed by atoms with Crippen molar-refractivity contribution in [3.63, 3.8) is 0 Å². The second kappa shape index (κ2) is 4.19. The first-order valence-corrected chi connectivity index (χ1v) is 2.80. The third-order valence-corrected chi connectivity index (χ3v) is 1.07. The van der Waals surface area contributed by atoms with Gasteiger partial charge in [0, 0.05) is 12.2 Å². The van der Waals surface area contributed by atoms with Gasteiger partial charge in [-0.15, -0.1) is 12.4 Å². The third-order valence-electron chi connectivity index (χ3n) is 1.07. The number of hydrogen-bond acceptors (Lipinski definition) is 3. The van der Waals surface area contributed by atoms with Crippen molar-refractivity contribution in [1.29, 1.82) is 0 Å². The van der Waals surface area contributed by atoms with Gasteiger partial charge >= 0.3 is 0 Å². The average Bonchev–Trinajstić information content (AvgIpc) is 1.88. The molecule has 0 bridgehead atoms. The molecule has 0 amide bonds. The van der Waals surface area contributed by atoms with Crippen molar-refractivity contribution >= 4 is 12.4 Å². The van der Waals surface area contributed by atoms with E-state index in [9.17, 15) is 0 Å². The Bertz CT molecular complexity index is 202. The van der Waals surface area contributed by atoms with Crippen LogP contribution in [-0.2, 0) is 6.54 Å². The van der Waals surface area contributed by atoms with Gasteiger partial charge in [0.05, 0.1) is 5.69 Å². The minimum atomic E-state index is 0. The van der Waals surface area contributed by atoms with Gasteiger partial charge in [-0.3, -0.25) is 0 Å². The first-order chi connectivity index (χ1) is 4.33. The van der Waals surface area contributed by atoms with Crippen molar-refractivity contribution in [2.75, 3.05) is 0 Å². The Balaban J connectivity index is 0.000000810. The number of nitrogens with zero attached hydrogens (tertiary/aromatic N) is 2. The zero-order valence-corrected chi connectivity index (χ0v) is 6.56. The van der Waals surface area contributed by atoms with E-state index in [1.54, 1.807) is 0 Å². The number of rotatable bonds is 1. The number of halogens is 1. The molecule has 0 aromatic carbocycles. The lowest BCUT2D eigenvalue weighted by Crippen LogP contribution is -2.00. The molecule has 0 spiro atoms. The maximum absolute atomic E-state index is 5.33. The molecule has 1 rings (SSSR count). The standard InChI is InChI=1S/C6H9N3.ClH/c1-5-2-6(3-7)9-4-8-5;/h2,4H,3,7H2,1H3;1H. The lowest BCUT2D eigenvalue weighted by Gasteiger charge is -1.93. The summed E-state index contributed by atoms with van der Waals surface area (Å²) >= 11 is 0. The summed E-state index contributed by atoms with van der Waals surface area (Å²) in [6.07, 6.45) is 1.53. The van der Waals surface area contributed by atoms with Crippen LogP contribution in [-0.4, -0.2) is 9.97 Å². The van der Waals surface area contributed by atoms with Crippen molar-refractivity contribution in [3.8, 4) is 0 Å². The Morgan fingerprint density at radius 1 is 1.50 bits per heavy atom. The van der Waals surface area contributed by atoms with Crippen LogP contribution in [0, 0.1) is 6.92 Å². The molecule has 0 radical (unpaired) electrons. The Labute approximate surface area is 66.1 Å². The van der Waals surface area contributed by atoms with Crippen LogP contribution in [0.1, 0.15) is 11.4 Å². The fourth-order valence-electron chi connectivity index (χ4n) is 0.621. The highest BCUT2D eigenvalue weighted by atomic mass is 35.5. The predicted molar refractivity (Wildman–Crippen MR) is 41.9 cm³/mol. The van der Waals surface area contributed by atoms with Crippen LogP contribution >= 0.6 is 12.4 Å². The van der Waals surface area contributed by atoms with Crippen molar-refractivity contribution < 1.29 is 0 Å². The first kappa shape index (κ1) is 9.33. The van der Waals surface area contributed by atoms with Gasteiger partial charge < -0.3 is 5.73 Å². The average molecular weight is 160 g/mol. The summed E-state index contributed by atoms with van der Waals surface area (Å²) in [4.78, 5) is 7.84. The fourth-order valence-corrected chi connectivity index (χ4v) is 0.621. The Morgan fingerprint density at radius 2 is 2.20 bits per heavy atom. The lowest BCUT2D eigenvalue weighted by molar-refractivity contribution is 0.947. The predicted octanol–water partition coefficient (Wildman–Crippen LogP) is 0.666. The Morgan fingerprint density at radius 3 is 2.60 bits per heavy atom. The fraction of sp³-hybridized carbons (Fsp3) is 0.333. The van der Waals surface area contributed by atoms with Gasteiger partial charge in [-0.1, -0.05) is 0 Å². The van der Waals surface area contributed by atoms with Crippen molar-refractivity contribution in [2.24, 2.45) is 5.73 Å². The summed E-state index contributed by atoms with van der Waals surface area (Å²) in [5.74, 6) is 0. The van der Waals surface area contributed by atoms with Crippen LogP contribution in [0.2, 0.25) is 0 Å². The normalized spacial score (nSPS) is 8.60. The molecule has 0 aliphatic heterocycles.